The van der Waals surface area contributed by atoms with Gasteiger partial charge in [-0.1, -0.05) is 18.2 Å². The molecule has 1 aliphatic heterocycles. The highest BCUT2D eigenvalue weighted by molar-refractivity contribution is 6.03. The molecule has 7 heteroatoms. The number of fused-ring (bicyclic) bond motifs is 1. The van der Waals surface area contributed by atoms with Gasteiger partial charge in [0.1, 0.15) is 0 Å². The number of benzene rings is 1. The van der Waals surface area contributed by atoms with Gasteiger partial charge in [-0.25, -0.2) is 4.79 Å². The Bertz CT molecular complexity index is 808. The predicted octanol–water partition coefficient (Wildman–Crippen LogP) is 0.980. The van der Waals surface area contributed by atoms with E-state index in [2.05, 4.69) is 10.3 Å². The minimum atomic E-state index is -0.704. The number of aromatic nitrogens is 1. The number of rotatable bonds is 5. The Hall–Kier alpha value is -2.67. The summed E-state index contributed by atoms with van der Waals surface area (Å²) in [4.78, 5) is 38.2. The first-order chi connectivity index (χ1) is 11.6. The first-order valence-corrected chi connectivity index (χ1v) is 7.81. The van der Waals surface area contributed by atoms with Crippen LogP contribution in [0.15, 0.2) is 35.1 Å². The second kappa shape index (κ2) is 7.27. The topological polar surface area (TPSA) is 97.5 Å². The molecule has 2 aromatic rings. The van der Waals surface area contributed by atoms with Crippen molar-refractivity contribution in [3.8, 4) is 0 Å². The average Bonchev–Trinajstić information content (AvgIpc) is 3.10. The summed E-state index contributed by atoms with van der Waals surface area (Å²) < 4.78 is 10.4. The van der Waals surface area contributed by atoms with Crippen LogP contribution in [0.5, 0.6) is 0 Å². The van der Waals surface area contributed by atoms with Crippen molar-refractivity contribution in [2.75, 3.05) is 19.8 Å². The number of pyridine rings is 1. The van der Waals surface area contributed by atoms with E-state index in [0.717, 1.165) is 12.8 Å². The molecule has 1 saturated heterocycles. The van der Waals surface area contributed by atoms with Gasteiger partial charge in [0.15, 0.2) is 6.61 Å². The lowest BCUT2D eigenvalue weighted by molar-refractivity contribution is -0.124. The fourth-order valence-corrected chi connectivity index (χ4v) is 2.67. The van der Waals surface area contributed by atoms with Gasteiger partial charge in [0.25, 0.3) is 5.91 Å². The maximum atomic E-state index is 12.2. The molecule has 24 heavy (non-hydrogen) atoms. The number of carbonyl (C=O) groups is 2. The molecule has 0 bridgehead atoms. The molecule has 0 unspecified atom stereocenters. The summed E-state index contributed by atoms with van der Waals surface area (Å²) in [7, 11) is 0. The Kier molecular flexibility index (Phi) is 4.90. The van der Waals surface area contributed by atoms with Crippen LogP contribution in [0.4, 0.5) is 0 Å². The molecular weight excluding hydrogens is 312 g/mol. The highest BCUT2D eigenvalue weighted by atomic mass is 16.5. The molecule has 1 aliphatic rings. The molecular formula is C17H18N2O5. The number of carbonyl (C=O) groups excluding carboxylic acids is 2. The molecule has 2 N–H and O–H groups in total. The van der Waals surface area contributed by atoms with E-state index in [1.54, 1.807) is 24.3 Å². The van der Waals surface area contributed by atoms with Crippen LogP contribution in [0.1, 0.15) is 23.2 Å². The lowest BCUT2D eigenvalue weighted by atomic mass is 10.1. The van der Waals surface area contributed by atoms with E-state index in [-0.39, 0.29) is 11.7 Å². The third-order valence-corrected chi connectivity index (χ3v) is 3.86. The Labute approximate surface area is 138 Å². The summed E-state index contributed by atoms with van der Waals surface area (Å²) in [6.07, 6.45) is 1.94. The molecule has 126 valence electrons. The highest BCUT2D eigenvalue weighted by Crippen LogP contribution is 2.15. The van der Waals surface area contributed by atoms with E-state index in [1.165, 1.54) is 6.07 Å². The van der Waals surface area contributed by atoms with E-state index in [9.17, 15) is 14.4 Å². The summed E-state index contributed by atoms with van der Waals surface area (Å²) in [5, 5.41) is 3.24. The van der Waals surface area contributed by atoms with Crippen LogP contribution in [0.2, 0.25) is 0 Å². The average molecular weight is 330 g/mol. The van der Waals surface area contributed by atoms with Gasteiger partial charge >= 0.3 is 5.97 Å². The van der Waals surface area contributed by atoms with Crippen LogP contribution in [0, 0.1) is 0 Å². The maximum absolute atomic E-state index is 12.2. The molecule has 3 rings (SSSR count). The van der Waals surface area contributed by atoms with Gasteiger partial charge < -0.3 is 19.8 Å². The largest absolute Gasteiger partial charge is 0.452 e. The van der Waals surface area contributed by atoms with Gasteiger partial charge in [-0.15, -0.1) is 0 Å². The van der Waals surface area contributed by atoms with Gasteiger partial charge in [-0.3, -0.25) is 9.59 Å². The molecule has 1 fully saturated rings. The fourth-order valence-electron chi connectivity index (χ4n) is 2.67. The number of nitrogens with one attached hydrogen (secondary N) is 2. The molecule has 7 nitrogen and oxygen atoms in total. The van der Waals surface area contributed by atoms with Crippen molar-refractivity contribution in [3.63, 3.8) is 0 Å². The zero-order valence-electron chi connectivity index (χ0n) is 13.0. The number of ether oxygens (including phenoxy) is 2. The van der Waals surface area contributed by atoms with Crippen molar-refractivity contribution >= 4 is 22.8 Å². The molecule has 0 aliphatic carbocycles. The first-order valence-electron chi connectivity index (χ1n) is 7.81. The summed E-state index contributed by atoms with van der Waals surface area (Å²) in [6, 6.07) is 8.09. The third-order valence-electron chi connectivity index (χ3n) is 3.86. The van der Waals surface area contributed by atoms with Crippen molar-refractivity contribution in [1.29, 1.82) is 0 Å². The molecule has 0 spiro atoms. The molecule has 2 heterocycles. The monoisotopic (exact) mass is 330 g/mol. The zero-order chi connectivity index (χ0) is 16.9. The number of hydrogen-bond acceptors (Lipinski definition) is 5. The summed E-state index contributed by atoms with van der Waals surface area (Å²) in [5.74, 6) is -1.10. The van der Waals surface area contributed by atoms with Gasteiger partial charge in [-0.05, 0) is 18.9 Å². The lowest BCUT2D eigenvalue weighted by Gasteiger charge is -2.11. The molecule has 0 saturated carbocycles. The number of para-hydroxylation sites is 1. The first kappa shape index (κ1) is 16.2. The quantitative estimate of drug-likeness (QED) is 0.797. The zero-order valence-corrected chi connectivity index (χ0v) is 13.0. The molecule has 1 amide bonds. The van der Waals surface area contributed by atoms with Gasteiger partial charge in [0.2, 0.25) is 5.56 Å². The third kappa shape index (κ3) is 3.80. The van der Waals surface area contributed by atoms with Crippen molar-refractivity contribution in [2.24, 2.45) is 0 Å². The van der Waals surface area contributed by atoms with Crippen LogP contribution < -0.4 is 10.9 Å². The lowest BCUT2D eigenvalue weighted by Crippen LogP contribution is -2.34. The Balaban J connectivity index is 1.60. The van der Waals surface area contributed by atoms with E-state index in [4.69, 9.17) is 9.47 Å². The van der Waals surface area contributed by atoms with Crippen LogP contribution in [0.3, 0.4) is 0 Å². The van der Waals surface area contributed by atoms with Crippen molar-refractivity contribution < 1.29 is 19.1 Å². The summed E-state index contributed by atoms with van der Waals surface area (Å²) in [6.45, 7) is 0.724. The van der Waals surface area contributed by atoms with Gasteiger partial charge in [0, 0.05) is 30.1 Å². The molecule has 1 aromatic heterocycles. The summed E-state index contributed by atoms with van der Waals surface area (Å²) >= 11 is 0. The standard InChI is InChI=1S/C17H18N2O5/c20-15-8-13(12-5-1-2-6-14(12)19-15)17(22)24-10-16(21)18-9-11-4-3-7-23-11/h1-2,5-6,8,11H,3-4,7,9-10H2,(H,18,21)(H,19,20)/t11-/m1/s1. The van der Waals surface area contributed by atoms with Crippen LogP contribution >= 0.6 is 0 Å². The summed E-state index contributed by atoms with van der Waals surface area (Å²) in [5.41, 5.74) is 0.282. The normalized spacial score (nSPS) is 16.9. The van der Waals surface area contributed by atoms with Crippen molar-refractivity contribution in [1.82, 2.24) is 10.3 Å². The smallest absolute Gasteiger partial charge is 0.339 e. The Morgan fingerprint density at radius 1 is 1.33 bits per heavy atom. The van der Waals surface area contributed by atoms with E-state index in [1.807, 2.05) is 0 Å². The maximum Gasteiger partial charge on any atom is 0.339 e. The molecule has 1 atom stereocenters. The predicted molar refractivity (Wildman–Crippen MR) is 86.8 cm³/mol. The SMILES string of the molecule is O=C(COC(=O)c1cc(=O)[nH]c2ccccc12)NC[C@H]1CCCO1. The number of esters is 1. The van der Waals surface area contributed by atoms with Crippen molar-refractivity contribution in [2.45, 2.75) is 18.9 Å². The number of aromatic amines is 1. The number of H-pyrrole nitrogens is 1. The van der Waals surface area contributed by atoms with Gasteiger partial charge in [-0.2, -0.15) is 0 Å². The number of amides is 1. The van der Waals surface area contributed by atoms with E-state index in [0.29, 0.717) is 24.1 Å². The minimum absolute atomic E-state index is 0.0290. The molecule has 1 aromatic carbocycles. The second-order valence-corrected chi connectivity index (χ2v) is 5.61. The number of hydrogen-bond donors (Lipinski definition) is 2. The van der Waals surface area contributed by atoms with Crippen LogP contribution in [0.25, 0.3) is 10.9 Å². The molecule has 0 radical (unpaired) electrons. The van der Waals surface area contributed by atoms with E-state index >= 15 is 0 Å². The van der Waals surface area contributed by atoms with Crippen molar-refractivity contribution in [3.05, 3.63) is 46.2 Å². The minimum Gasteiger partial charge on any atom is -0.452 e. The Morgan fingerprint density at radius 2 is 2.17 bits per heavy atom. The van der Waals surface area contributed by atoms with Gasteiger partial charge in [0.05, 0.1) is 11.7 Å². The highest BCUT2D eigenvalue weighted by Gasteiger charge is 2.18. The fraction of sp³-hybridized carbons (Fsp3) is 0.353. The van der Waals surface area contributed by atoms with Crippen LogP contribution in [-0.2, 0) is 14.3 Å². The van der Waals surface area contributed by atoms with E-state index < -0.39 is 24.0 Å². The Morgan fingerprint density at radius 3 is 2.96 bits per heavy atom. The van der Waals surface area contributed by atoms with Crippen LogP contribution in [-0.4, -0.2) is 42.7 Å². The second-order valence-electron chi connectivity index (χ2n) is 5.61.